The lowest BCUT2D eigenvalue weighted by Crippen LogP contribution is -2.14. The van der Waals surface area contributed by atoms with Gasteiger partial charge < -0.3 is 10.1 Å². The first-order valence-corrected chi connectivity index (χ1v) is 7.93. The Morgan fingerprint density at radius 1 is 1.24 bits per heavy atom. The standard InChI is InChI=1S/C17H12F3N5O4/c1-29-10-6-7-12(15(8-10)25(27)28)21-16(26)13-9-24(23-22-13)14-5-3-2-4-11(14)17(18,19)20/h2-9H,1H3,(H,21,26). The van der Waals surface area contributed by atoms with Crippen LogP contribution in [0.25, 0.3) is 5.69 Å². The average molecular weight is 407 g/mol. The topological polar surface area (TPSA) is 112 Å². The van der Waals surface area contributed by atoms with Crippen LogP contribution in [-0.4, -0.2) is 32.9 Å². The Labute approximate surface area is 160 Å². The number of nitro benzene ring substituents is 1. The predicted octanol–water partition coefficient (Wildman–Crippen LogP) is 3.46. The molecule has 1 aromatic heterocycles. The lowest BCUT2D eigenvalue weighted by molar-refractivity contribution is -0.384. The van der Waals surface area contributed by atoms with Crippen LogP contribution >= 0.6 is 0 Å². The average Bonchev–Trinajstić information content (AvgIpc) is 3.17. The van der Waals surface area contributed by atoms with E-state index in [0.29, 0.717) is 0 Å². The minimum Gasteiger partial charge on any atom is -0.496 e. The second-order valence-corrected chi connectivity index (χ2v) is 5.66. The number of amides is 1. The summed E-state index contributed by atoms with van der Waals surface area (Å²) in [5.74, 6) is -0.668. The number of hydrogen-bond donors (Lipinski definition) is 1. The summed E-state index contributed by atoms with van der Waals surface area (Å²) in [6.07, 6.45) is -3.63. The Balaban J connectivity index is 1.89. The van der Waals surface area contributed by atoms with Gasteiger partial charge in [0.15, 0.2) is 5.69 Å². The molecule has 1 amide bonds. The first-order chi connectivity index (χ1) is 13.7. The monoisotopic (exact) mass is 407 g/mol. The zero-order chi connectivity index (χ0) is 21.2. The van der Waals surface area contributed by atoms with Gasteiger partial charge in [0, 0.05) is 0 Å². The van der Waals surface area contributed by atoms with E-state index in [-0.39, 0.29) is 22.8 Å². The van der Waals surface area contributed by atoms with Gasteiger partial charge in [-0.2, -0.15) is 13.2 Å². The summed E-state index contributed by atoms with van der Waals surface area (Å²) in [4.78, 5) is 22.8. The molecule has 0 aliphatic heterocycles. The van der Waals surface area contributed by atoms with Gasteiger partial charge in [-0.1, -0.05) is 17.3 Å². The van der Waals surface area contributed by atoms with Gasteiger partial charge in [-0.05, 0) is 24.3 Å². The molecule has 0 saturated heterocycles. The number of methoxy groups -OCH3 is 1. The number of hydrogen-bond acceptors (Lipinski definition) is 6. The molecule has 0 aliphatic rings. The highest BCUT2D eigenvalue weighted by molar-refractivity contribution is 6.04. The summed E-state index contributed by atoms with van der Waals surface area (Å²) < 4.78 is 45.2. The van der Waals surface area contributed by atoms with Crippen LogP contribution in [0, 0.1) is 10.1 Å². The van der Waals surface area contributed by atoms with Gasteiger partial charge in [0.25, 0.3) is 11.6 Å². The summed E-state index contributed by atoms with van der Waals surface area (Å²) in [5.41, 5.74) is -2.16. The summed E-state index contributed by atoms with van der Waals surface area (Å²) >= 11 is 0. The van der Waals surface area contributed by atoms with Crippen LogP contribution in [0.15, 0.2) is 48.7 Å². The van der Waals surface area contributed by atoms with Crippen LogP contribution in [0.2, 0.25) is 0 Å². The summed E-state index contributed by atoms with van der Waals surface area (Å²) in [6.45, 7) is 0. The maximum Gasteiger partial charge on any atom is 0.418 e. The molecule has 1 heterocycles. The Hall–Kier alpha value is -3.96. The number of carbonyl (C=O) groups is 1. The van der Waals surface area contributed by atoms with Crippen LogP contribution < -0.4 is 10.1 Å². The Kier molecular flexibility index (Phi) is 5.17. The maximum atomic E-state index is 13.2. The van der Waals surface area contributed by atoms with E-state index in [1.54, 1.807) is 0 Å². The maximum absolute atomic E-state index is 13.2. The van der Waals surface area contributed by atoms with Crippen LogP contribution in [0.5, 0.6) is 5.75 Å². The molecule has 9 nitrogen and oxygen atoms in total. The molecule has 0 radical (unpaired) electrons. The second-order valence-electron chi connectivity index (χ2n) is 5.66. The fourth-order valence-electron chi connectivity index (χ4n) is 2.48. The molecule has 2 aromatic carbocycles. The quantitative estimate of drug-likeness (QED) is 0.512. The van der Waals surface area contributed by atoms with Crippen LogP contribution in [0.3, 0.4) is 0 Å². The molecule has 0 bridgehead atoms. The molecule has 12 heteroatoms. The smallest absolute Gasteiger partial charge is 0.418 e. The zero-order valence-corrected chi connectivity index (χ0v) is 14.7. The minimum atomic E-state index is -4.63. The van der Waals surface area contributed by atoms with Crippen molar-refractivity contribution in [3.8, 4) is 11.4 Å². The number of ether oxygens (including phenoxy) is 1. The first kappa shape index (κ1) is 19.8. The van der Waals surface area contributed by atoms with E-state index in [1.807, 2.05) is 0 Å². The Bertz CT molecular complexity index is 1080. The number of benzene rings is 2. The summed E-state index contributed by atoms with van der Waals surface area (Å²) in [7, 11) is 1.33. The second kappa shape index (κ2) is 7.58. The summed E-state index contributed by atoms with van der Waals surface area (Å²) in [5, 5.41) is 20.6. The minimum absolute atomic E-state index is 0.133. The van der Waals surface area contributed by atoms with Crippen molar-refractivity contribution in [1.82, 2.24) is 15.0 Å². The Morgan fingerprint density at radius 3 is 2.62 bits per heavy atom. The lowest BCUT2D eigenvalue weighted by Gasteiger charge is -2.11. The van der Waals surface area contributed by atoms with Gasteiger partial charge in [0.2, 0.25) is 0 Å². The largest absolute Gasteiger partial charge is 0.496 e. The van der Waals surface area contributed by atoms with Crippen molar-refractivity contribution < 1.29 is 27.6 Å². The van der Waals surface area contributed by atoms with Crippen molar-refractivity contribution >= 4 is 17.3 Å². The number of nitro groups is 1. The summed E-state index contributed by atoms with van der Waals surface area (Å²) in [6, 6.07) is 8.43. The SMILES string of the molecule is COc1ccc(NC(=O)c2cn(-c3ccccc3C(F)(F)F)nn2)c([N+](=O)[O-])c1. The fourth-order valence-corrected chi connectivity index (χ4v) is 2.48. The molecule has 150 valence electrons. The van der Waals surface area contributed by atoms with Crippen molar-refractivity contribution in [3.05, 3.63) is 70.0 Å². The highest BCUT2D eigenvalue weighted by atomic mass is 19.4. The van der Waals surface area contributed by atoms with E-state index in [2.05, 4.69) is 15.6 Å². The number of carbonyl (C=O) groups excluding carboxylic acids is 1. The normalized spacial score (nSPS) is 11.2. The molecule has 3 aromatic rings. The van der Waals surface area contributed by atoms with Crippen molar-refractivity contribution in [2.75, 3.05) is 12.4 Å². The molecular formula is C17H12F3N5O4. The van der Waals surface area contributed by atoms with E-state index in [0.717, 1.165) is 23.0 Å². The number of nitrogens with zero attached hydrogens (tertiary/aromatic N) is 4. The molecule has 3 rings (SSSR count). The zero-order valence-electron chi connectivity index (χ0n) is 14.7. The third kappa shape index (κ3) is 4.15. The van der Waals surface area contributed by atoms with Gasteiger partial charge in [0.05, 0.1) is 35.5 Å². The van der Waals surface area contributed by atoms with Gasteiger partial charge in [-0.3, -0.25) is 14.9 Å². The molecule has 1 N–H and O–H groups in total. The lowest BCUT2D eigenvalue weighted by atomic mass is 10.1. The van der Waals surface area contributed by atoms with Gasteiger partial charge in [-0.15, -0.1) is 5.10 Å². The van der Waals surface area contributed by atoms with E-state index in [1.165, 1.54) is 37.4 Å². The first-order valence-electron chi connectivity index (χ1n) is 7.93. The number of aromatic nitrogens is 3. The number of nitrogens with one attached hydrogen (secondary N) is 1. The molecule has 0 atom stereocenters. The van der Waals surface area contributed by atoms with Crippen molar-refractivity contribution in [2.45, 2.75) is 6.18 Å². The number of halogens is 3. The van der Waals surface area contributed by atoms with E-state index < -0.39 is 28.3 Å². The number of para-hydroxylation sites is 1. The van der Waals surface area contributed by atoms with Gasteiger partial charge in [-0.25, -0.2) is 4.68 Å². The van der Waals surface area contributed by atoms with E-state index >= 15 is 0 Å². The van der Waals surface area contributed by atoms with Crippen LogP contribution in [0.1, 0.15) is 16.1 Å². The van der Waals surface area contributed by atoms with Crippen LogP contribution in [-0.2, 0) is 6.18 Å². The van der Waals surface area contributed by atoms with Gasteiger partial charge in [0.1, 0.15) is 11.4 Å². The van der Waals surface area contributed by atoms with Crippen molar-refractivity contribution in [2.24, 2.45) is 0 Å². The van der Waals surface area contributed by atoms with E-state index in [9.17, 15) is 28.1 Å². The molecule has 0 unspecified atom stereocenters. The molecule has 0 spiro atoms. The van der Waals surface area contributed by atoms with Crippen LogP contribution in [0.4, 0.5) is 24.5 Å². The van der Waals surface area contributed by atoms with Gasteiger partial charge >= 0.3 is 6.18 Å². The molecule has 0 saturated carbocycles. The third-order valence-electron chi connectivity index (χ3n) is 3.83. The number of alkyl halides is 3. The highest BCUT2D eigenvalue weighted by Gasteiger charge is 2.34. The van der Waals surface area contributed by atoms with Crippen molar-refractivity contribution in [1.29, 1.82) is 0 Å². The number of rotatable bonds is 5. The fraction of sp³-hybridized carbons (Fsp3) is 0.118. The molecule has 0 aliphatic carbocycles. The molecular weight excluding hydrogens is 395 g/mol. The molecule has 0 fully saturated rings. The highest BCUT2D eigenvalue weighted by Crippen LogP contribution is 2.33. The predicted molar refractivity (Wildman–Crippen MR) is 94.0 cm³/mol. The van der Waals surface area contributed by atoms with Crippen molar-refractivity contribution in [3.63, 3.8) is 0 Å². The third-order valence-corrected chi connectivity index (χ3v) is 3.83. The Morgan fingerprint density at radius 2 is 1.97 bits per heavy atom. The number of anilines is 1. The molecule has 29 heavy (non-hydrogen) atoms. The van der Waals surface area contributed by atoms with E-state index in [4.69, 9.17) is 4.74 Å².